The van der Waals surface area contributed by atoms with E-state index in [1.165, 1.54) is 11.6 Å². The van der Waals surface area contributed by atoms with Crippen LogP contribution in [0, 0.1) is 6.92 Å². The third-order valence-electron chi connectivity index (χ3n) is 3.54. The lowest BCUT2D eigenvalue weighted by atomic mass is 9.93. The Labute approximate surface area is 129 Å². The Morgan fingerprint density at radius 3 is 2.59 bits per heavy atom. The van der Waals surface area contributed by atoms with Gasteiger partial charge in [0.15, 0.2) is 0 Å². The second-order valence-corrected chi connectivity index (χ2v) is 5.31. The topological polar surface area (TPSA) is 79.5 Å². The number of carboxylic acid groups (broad SMARTS) is 1. The Bertz CT molecular complexity index is 675. The van der Waals surface area contributed by atoms with Gasteiger partial charge in [-0.3, -0.25) is 4.79 Å². The number of benzene rings is 1. The van der Waals surface area contributed by atoms with Gasteiger partial charge in [-0.1, -0.05) is 31.2 Å². The lowest BCUT2D eigenvalue weighted by Gasteiger charge is -2.14. The molecule has 0 bridgehead atoms. The number of carboxylic acids is 1. The van der Waals surface area contributed by atoms with Gasteiger partial charge < -0.3 is 14.8 Å². The largest absolute Gasteiger partial charge is 0.475 e. The van der Waals surface area contributed by atoms with E-state index in [2.05, 4.69) is 5.32 Å². The number of hydrogen-bond donors (Lipinski definition) is 2. The zero-order valence-electron chi connectivity index (χ0n) is 12.6. The summed E-state index contributed by atoms with van der Waals surface area (Å²) in [6, 6.07) is 10.9. The van der Waals surface area contributed by atoms with Gasteiger partial charge in [0.1, 0.15) is 5.76 Å². The number of furan rings is 1. The van der Waals surface area contributed by atoms with E-state index in [4.69, 9.17) is 9.52 Å². The third-order valence-corrected chi connectivity index (χ3v) is 3.54. The minimum Gasteiger partial charge on any atom is -0.475 e. The van der Waals surface area contributed by atoms with Gasteiger partial charge in [-0.05, 0) is 36.1 Å². The summed E-state index contributed by atoms with van der Waals surface area (Å²) >= 11 is 0. The molecular weight excluding hydrogens is 282 g/mol. The Morgan fingerprint density at radius 1 is 1.23 bits per heavy atom. The van der Waals surface area contributed by atoms with E-state index < -0.39 is 5.97 Å². The molecule has 0 saturated carbocycles. The van der Waals surface area contributed by atoms with Crippen LogP contribution in [0.3, 0.4) is 0 Å². The third kappa shape index (κ3) is 3.97. The average Bonchev–Trinajstić information content (AvgIpc) is 2.94. The highest BCUT2D eigenvalue weighted by Crippen LogP contribution is 2.22. The molecule has 1 aromatic carbocycles. The van der Waals surface area contributed by atoms with Crippen LogP contribution in [0.5, 0.6) is 0 Å². The first-order valence-electron chi connectivity index (χ1n) is 7.11. The molecule has 2 N–H and O–H groups in total. The molecule has 1 amide bonds. The predicted octanol–water partition coefficient (Wildman–Crippen LogP) is 3.10. The molecule has 0 saturated heterocycles. The van der Waals surface area contributed by atoms with Crippen molar-refractivity contribution in [3.63, 3.8) is 0 Å². The summed E-state index contributed by atoms with van der Waals surface area (Å²) in [5.74, 6) is -0.797. The van der Waals surface area contributed by atoms with E-state index in [9.17, 15) is 9.59 Å². The van der Waals surface area contributed by atoms with E-state index >= 15 is 0 Å². The van der Waals surface area contributed by atoms with Gasteiger partial charge >= 0.3 is 5.97 Å². The molecule has 1 atom stereocenters. The number of amides is 1. The van der Waals surface area contributed by atoms with E-state index in [1.54, 1.807) is 6.07 Å². The fourth-order valence-corrected chi connectivity index (χ4v) is 2.37. The minimum absolute atomic E-state index is 0.0935. The second kappa shape index (κ2) is 6.93. The molecular formula is C17H19NO4. The maximum absolute atomic E-state index is 12.0. The summed E-state index contributed by atoms with van der Waals surface area (Å²) in [6.07, 6.45) is 0.372. The highest BCUT2D eigenvalue weighted by molar-refractivity contribution is 5.84. The average molecular weight is 301 g/mol. The molecule has 22 heavy (non-hydrogen) atoms. The lowest BCUT2D eigenvalue weighted by Crippen LogP contribution is -2.24. The van der Waals surface area contributed by atoms with Crippen molar-refractivity contribution in [3.8, 4) is 0 Å². The molecule has 0 aliphatic heterocycles. The summed E-state index contributed by atoms with van der Waals surface area (Å²) in [6.45, 7) is 4.23. The van der Waals surface area contributed by atoms with Crippen LogP contribution < -0.4 is 5.32 Å². The molecule has 5 nitrogen and oxygen atoms in total. The van der Waals surface area contributed by atoms with Crippen LogP contribution in [-0.4, -0.2) is 17.0 Å². The summed E-state index contributed by atoms with van der Waals surface area (Å²) < 4.78 is 5.09. The van der Waals surface area contributed by atoms with Crippen LogP contribution in [0.1, 0.15) is 46.7 Å². The number of hydrogen-bond acceptors (Lipinski definition) is 3. The highest BCUT2D eigenvalue weighted by Gasteiger charge is 2.14. The lowest BCUT2D eigenvalue weighted by molar-refractivity contribution is -0.121. The zero-order valence-corrected chi connectivity index (χ0v) is 12.6. The van der Waals surface area contributed by atoms with E-state index in [1.807, 2.05) is 38.1 Å². The molecule has 0 fully saturated rings. The number of aryl methyl sites for hydroxylation is 1. The predicted molar refractivity (Wildman–Crippen MR) is 81.7 cm³/mol. The van der Waals surface area contributed by atoms with Gasteiger partial charge in [0.25, 0.3) is 0 Å². The Morgan fingerprint density at radius 2 is 1.95 bits per heavy atom. The van der Waals surface area contributed by atoms with Crippen molar-refractivity contribution in [3.05, 3.63) is 59.0 Å². The number of carbonyl (C=O) groups excluding carboxylic acids is 1. The molecule has 116 valence electrons. The van der Waals surface area contributed by atoms with Crippen LogP contribution in [0.15, 0.2) is 40.8 Å². The van der Waals surface area contributed by atoms with E-state index in [-0.39, 0.29) is 24.1 Å². The van der Waals surface area contributed by atoms with Gasteiger partial charge in [-0.2, -0.15) is 0 Å². The molecule has 0 aliphatic carbocycles. The quantitative estimate of drug-likeness (QED) is 0.859. The highest BCUT2D eigenvalue weighted by atomic mass is 16.4. The van der Waals surface area contributed by atoms with Crippen molar-refractivity contribution in [1.29, 1.82) is 0 Å². The first-order valence-corrected chi connectivity index (χ1v) is 7.11. The van der Waals surface area contributed by atoms with Gasteiger partial charge in [0.05, 0.1) is 6.54 Å². The van der Waals surface area contributed by atoms with Crippen LogP contribution in [0.25, 0.3) is 0 Å². The first kappa shape index (κ1) is 15.8. The second-order valence-electron chi connectivity index (χ2n) is 5.31. The number of aromatic carboxylic acids is 1. The van der Waals surface area contributed by atoms with Gasteiger partial charge in [-0.25, -0.2) is 4.79 Å². The molecule has 2 rings (SSSR count). The Balaban J connectivity index is 1.87. The molecule has 0 radical (unpaired) electrons. The zero-order chi connectivity index (χ0) is 16.1. The smallest absolute Gasteiger partial charge is 0.371 e. The number of nitrogens with one attached hydrogen (secondary N) is 1. The van der Waals surface area contributed by atoms with E-state index in [0.717, 1.165) is 5.56 Å². The van der Waals surface area contributed by atoms with Crippen molar-refractivity contribution in [2.24, 2.45) is 0 Å². The summed E-state index contributed by atoms with van der Waals surface area (Å²) in [4.78, 5) is 22.7. The molecule has 1 aromatic heterocycles. The van der Waals surface area contributed by atoms with E-state index in [0.29, 0.717) is 12.2 Å². The Hall–Kier alpha value is -2.56. The van der Waals surface area contributed by atoms with Crippen molar-refractivity contribution in [2.45, 2.75) is 32.7 Å². The maximum atomic E-state index is 12.0. The number of rotatable bonds is 6. The number of carbonyl (C=O) groups is 2. The molecule has 5 heteroatoms. The maximum Gasteiger partial charge on any atom is 0.371 e. The monoisotopic (exact) mass is 301 g/mol. The summed E-state index contributed by atoms with van der Waals surface area (Å²) in [7, 11) is 0. The molecule has 1 heterocycles. The Kier molecular flexibility index (Phi) is 4.99. The van der Waals surface area contributed by atoms with Crippen LogP contribution in [0.2, 0.25) is 0 Å². The normalized spacial score (nSPS) is 11.9. The van der Waals surface area contributed by atoms with Crippen molar-refractivity contribution in [2.75, 3.05) is 0 Å². The van der Waals surface area contributed by atoms with Gasteiger partial charge in [-0.15, -0.1) is 0 Å². The molecule has 0 aliphatic rings. The fourth-order valence-electron chi connectivity index (χ4n) is 2.37. The molecule has 1 unspecified atom stereocenters. The minimum atomic E-state index is -1.12. The standard InChI is InChI=1S/C17H19NO4/c1-11-5-3-4-6-14(11)12(2)9-16(19)18-10-13-7-8-15(22-13)17(20)21/h3-8,12H,9-10H2,1-2H3,(H,18,19)(H,20,21). The fraction of sp³-hybridized carbons (Fsp3) is 0.294. The summed E-state index contributed by atoms with van der Waals surface area (Å²) in [5.41, 5.74) is 2.32. The van der Waals surface area contributed by atoms with Crippen molar-refractivity contribution in [1.82, 2.24) is 5.32 Å². The van der Waals surface area contributed by atoms with Crippen molar-refractivity contribution < 1.29 is 19.1 Å². The molecule has 0 spiro atoms. The summed E-state index contributed by atoms with van der Waals surface area (Å²) in [5, 5.41) is 11.5. The molecule has 2 aromatic rings. The van der Waals surface area contributed by atoms with Gasteiger partial charge in [0, 0.05) is 6.42 Å². The van der Waals surface area contributed by atoms with Crippen LogP contribution in [-0.2, 0) is 11.3 Å². The van der Waals surface area contributed by atoms with Crippen LogP contribution in [0.4, 0.5) is 0 Å². The SMILES string of the molecule is Cc1ccccc1C(C)CC(=O)NCc1ccc(C(=O)O)o1. The van der Waals surface area contributed by atoms with Gasteiger partial charge in [0.2, 0.25) is 11.7 Å². The van der Waals surface area contributed by atoms with Crippen LogP contribution >= 0.6 is 0 Å². The van der Waals surface area contributed by atoms with Crippen molar-refractivity contribution >= 4 is 11.9 Å². The first-order chi connectivity index (χ1) is 10.5.